The van der Waals surface area contributed by atoms with E-state index in [0.29, 0.717) is 15.9 Å². The lowest BCUT2D eigenvalue weighted by molar-refractivity contribution is 0.0533. The lowest BCUT2D eigenvalue weighted by Crippen LogP contribution is -2.17. The quantitative estimate of drug-likeness (QED) is 0.444. The number of carbonyl (C=O) groups is 1. The van der Waals surface area contributed by atoms with Crippen molar-refractivity contribution in [1.29, 1.82) is 0 Å². The number of hydrogen-bond acceptors (Lipinski definition) is 6. The molecule has 31 heavy (non-hydrogen) atoms. The number of ether oxygens (including phenoxy) is 1. The number of esters is 1. The van der Waals surface area contributed by atoms with Crippen LogP contribution in [0.25, 0.3) is 15.9 Å². The van der Waals surface area contributed by atoms with Gasteiger partial charge in [0.05, 0.1) is 22.9 Å². The summed E-state index contributed by atoms with van der Waals surface area (Å²) in [6, 6.07) is 19.6. The molecule has 2 heterocycles. The van der Waals surface area contributed by atoms with Crippen LogP contribution in [0, 0.1) is 0 Å². The molecule has 0 saturated carbocycles. The minimum atomic E-state index is -3.97. The number of para-hydroxylation sites is 1. The summed E-state index contributed by atoms with van der Waals surface area (Å²) in [4.78, 5) is 25.9. The summed E-state index contributed by atoms with van der Waals surface area (Å²) in [5.74, 6) is -0.665. The van der Waals surface area contributed by atoms with Gasteiger partial charge in [0.1, 0.15) is 9.71 Å². The number of fused-ring (bicyclic) bond motifs is 1. The molecule has 0 aliphatic rings. The summed E-state index contributed by atoms with van der Waals surface area (Å²) in [6.07, 6.45) is 0. The van der Waals surface area contributed by atoms with E-state index in [0.717, 1.165) is 11.3 Å². The van der Waals surface area contributed by atoms with Gasteiger partial charge in [-0.2, -0.15) is 0 Å². The van der Waals surface area contributed by atoms with Gasteiger partial charge in [-0.25, -0.2) is 13.2 Å². The maximum Gasteiger partial charge on any atom is 0.350 e. The minimum absolute atomic E-state index is 0.0561. The number of nitrogens with zero attached hydrogens (tertiary/aromatic N) is 1. The fraction of sp³-hybridized carbons (Fsp3) is 0.0909. The number of aromatic nitrogens is 1. The fourth-order valence-corrected chi connectivity index (χ4v) is 5.48. The Morgan fingerprint density at radius 2 is 1.65 bits per heavy atom. The first-order chi connectivity index (χ1) is 14.9. The smallest absolute Gasteiger partial charge is 0.350 e. The number of nitrogens with one attached hydrogen (secondary N) is 1. The molecule has 2 aromatic heterocycles. The molecule has 0 fully saturated rings. The predicted octanol–water partition coefficient (Wildman–Crippen LogP) is 4.03. The topological polar surface area (TPSA) is 94.5 Å². The largest absolute Gasteiger partial charge is 0.462 e. The van der Waals surface area contributed by atoms with Crippen LogP contribution in [0.1, 0.15) is 16.6 Å². The van der Waals surface area contributed by atoms with Gasteiger partial charge >= 0.3 is 5.97 Å². The monoisotopic (exact) mass is 454 g/mol. The second kappa shape index (κ2) is 8.37. The van der Waals surface area contributed by atoms with Crippen LogP contribution in [0.3, 0.4) is 0 Å². The van der Waals surface area contributed by atoms with Gasteiger partial charge in [-0.1, -0.05) is 36.4 Å². The third-order valence-corrected chi connectivity index (χ3v) is 7.04. The molecule has 4 rings (SSSR count). The second-order valence-electron chi connectivity index (χ2n) is 6.51. The minimum Gasteiger partial charge on any atom is -0.462 e. The van der Waals surface area contributed by atoms with Crippen molar-refractivity contribution in [1.82, 2.24) is 4.57 Å². The number of hydrogen-bond donors (Lipinski definition) is 1. The first-order valence-corrected chi connectivity index (χ1v) is 11.7. The van der Waals surface area contributed by atoms with E-state index in [4.69, 9.17) is 4.74 Å². The van der Waals surface area contributed by atoms with Crippen LogP contribution in [-0.2, 0) is 14.8 Å². The van der Waals surface area contributed by atoms with Crippen molar-refractivity contribution in [3.05, 3.63) is 88.0 Å². The highest BCUT2D eigenvalue weighted by Gasteiger charge is 2.26. The van der Waals surface area contributed by atoms with Crippen LogP contribution in [0.2, 0.25) is 0 Å². The first kappa shape index (κ1) is 20.8. The number of carbonyl (C=O) groups excluding carboxylic acids is 1. The van der Waals surface area contributed by atoms with Crippen molar-refractivity contribution in [2.24, 2.45) is 0 Å². The van der Waals surface area contributed by atoms with Crippen molar-refractivity contribution >= 4 is 43.2 Å². The van der Waals surface area contributed by atoms with Gasteiger partial charge in [-0.05, 0) is 37.3 Å². The summed E-state index contributed by atoms with van der Waals surface area (Å²) in [6.45, 7) is 1.79. The maximum absolute atomic E-state index is 13.0. The third kappa shape index (κ3) is 3.97. The second-order valence-corrected chi connectivity index (χ2v) is 9.19. The Labute approximate surface area is 182 Å². The van der Waals surface area contributed by atoms with Gasteiger partial charge in [0.2, 0.25) is 0 Å². The normalized spacial score (nSPS) is 11.4. The highest BCUT2D eigenvalue weighted by atomic mass is 32.2. The Bertz CT molecular complexity index is 1410. The number of anilines is 1. The zero-order valence-electron chi connectivity index (χ0n) is 16.4. The molecule has 0 atom stereocenters. The third-order valence-electron chi connectivity index (χ3n) is 4.51. The van der Waals surface area contributed by atoms with E-state index in [1.54, 1.807) is 49.4 Å². The molecule has 0 unspecified atom stereocenters. The summed E-state index contributed by atoms with van der Waals surface area (Å²) in [7, 11) is -3.97. The number of rotatable bonds is 6. The Morgan fingerprint density at radius 3 is 2.29 bits per heavy atom. The molecular formula is C22H18N2O5S2. The molecule has 0 aliphatic heterocycles. The molecule has 1 N–H and O–H groups in total. The van der Waals surface area contributed by atoms with Gasteiger partial charge < -0.3 is 4.74 Å². The van der Waals surface area contributed by atoms with Crippen molar-refractivity contribution in [2.75, 3.05) is 11.3 Å². The molecule has 7 nitrogen and oxygen atoms in total. The van der Waals surface area contributed by atoms with E-state index in [1.165, 1.54) is 28.8 Å². The molecule has 0 amide bonds. The molecule has 0 radical (unpaired) electrons. The Kier molecular flexibility index (Phi) is 5.62. The van der Waals surface area contributed by atoms with Crippen LogP contribution in [-0.4, -0.2) is 25.6 Å². The molecule has 0 saturated heterocycles. The molecule has 0 bridgehead atoms. The predicted molar refractivity (Wildman–Crippen MR) is 121 cm³/mol. The molecule has 4 aromatic rings. The van der Waals surface area contributed by atoms with Crippen molar-refractivity contribution in [3.63, 3.8) is 0 Å². The standard InChI is InChI=1S/C22H18N2O5S2/c1-2-29-22(26)20-19(23-31(27,28)16-11-7-4-8-12-16)17-13-14-18(25)24(21(17)30-20)15-9-5-3-6-10-15/h3-14,23H,2H2,1H3. The zero-order valence-corrected chi connectivity index (χ0v) is 18.1. The number of pyridine rings is 1. The molecule has 2 aromatic carbocycles. The maximum atomic E-state index is 13.0. The van der Waals surface area contributed by atoms with E-state index < -0.39 is 16.0 Å². The van der Waals surface area contributed by atoms with E-state index >= 15 is 0 Å². The zero-order chi connectivity index (χ0) is 22.0. The van der Waals surface area contributed by atoms with Crippen molar-refractivity contribution < 1.29 is 17.9 Å². The van der Waals surface area contributed by atoms with Gasteiger partial charge in [-0.15, -0.1) is 11.3 Å². The lowest BCUT2D eigenvalue weighted by Gasteiger charge is -2.10. The first-order valence-electron chi connectivity index (χ1n) is 9.41. The average molecular weight is 455 g/mol. The fourth-order valence-electron chi connectivity index (χ4n) is 3.14. The number of sulfonamides is 1. The summed E-state index contributed by atoms with van der Waals surface area (Å²) < 4.78 is 35.1. The van der Waals surface area contributed by atoms with Crippen LogP contribution >= 0.6 is 11.3 Å². The summed E-state index contributed by atoms with van der Waals surface area (Å²) >= 11 is 1.00. The average Bonchev–Trinajstić information content (AvgIpc) is 3.12. The van der Waals surface area contributed by atoms with E-state index in [2.05, 4.69) is 4.72 Å². The summed E-state index contributed by atoms with van der Waals surface area (Å²) in [5.41, 5.74) is 0.395. The molecule has 0 aliphatic carbocycles. The van der Waals surface area contributed by atoms with E-state index in [1.807, 2.05) is 6.07 Å². The van der Waals surface area contributed by atoms with Crippen LogP contribution in [0.4, 0.5) is 5.69 Å². The van der Waals surface area contributed by atoms with E-state index in [-0.39, 0.29) is 27.6 Å². The highest BCUT2D eigenvalue weighted by Crippen LogP contribution is 2.37. The highest BCUT2D eigenvalue weighted by molar-refractivity contribution is 7.92. The van der Waals surface area contributed by atoms with Crippen LogP contribution < -0.4 is 10.3 Å². The number of thiophene rings is 1. The molecule has 0 spiro atoms. The van der Waals surface area contributed by atoms with Crippen LogP contribution in [0.15, 0.2) is 82.5 Å². The lowest BCUT2D eigenvalue weighted by atomic mass is 10.2. The van der Waals surface area contributed by atoms with Crippen molar-refractivity contribution in [2.45, 2.75) is 11.8 Å². The Hall–Kier alpha value is -3.43. The Morgan fingerprint density at radius 1 is 1.00 bits per heavy atom. The van der Waals surface area contributed by atoms with E-state index in [9.17, 15) is 18.0 Å². The Balaban J connectivity index is 1.96. The van der Waals surface area contributed by atoms with Crippen molar-refractivity contribution in [3.8, 4) is 5.69 Å². The van der Waals surface area contributed by atoms with Crippen LogP contribution in [0.5, 0.6) is 0 Å². The molecule has 9 heteroatoms. The summed E-state index contributed by atoms with van der Waals surface area (Å²) in [5, 5.41) is 0.427. The SMILES string of the molecule is CCOC(=O)c1sc2c(ccc(=O)n2-c2ccccc2)c1NS(=O)(=O)c1ccccc1. The molecular weight excluding hydrogens is 436 g/mol. The van der Waals surface area contributed by atoms with Gasteiger partial charge in [-0.3, -0.25) is 14.1 Å². The number of benzene rings is 2. The van der Waals surface area contributed by atoms with Gasteiger partial charge in [0, 0.05) is 11.5 Å². The van der Waals surface area contributed by atoms with Gasteiger partial charge in [0.15, 0.2) is 0 Å². The van der Waals surface area contributed by atoms with Gasteiger partial charge in [0.25, 0.3) is 15.6 Å². The molecule has 158 valence electrons.